The van der Waals surface area contributed by atoms with Gasteiger partial charge in [0, 0.05) is 10.6 Å². The third-order valence-electron chi connectivity index (χ3n) is 4.45. The van der Waals surface area contributed by atoms with E-state index in [0.29, 0.717) is 22.9 Å². The number of carbonyl (C=O) groups is 2. The van der Waals surface area contributed by atoms with Crippen LogP contribution in [0.25, 0.3) is 0 Å². The van der Waals surface area contributed by atoms with Crippen molar-refractivity contribution in [2.45, 2.75) is 19.6 Å². The number of nitrogens with zero attached hydrogens (tertiary/aromatic N) is 1. The Balaban J connectivity index is 1.54. The maximum Gasteiger partial charge on any atom is 0.329 e. The Morgan fingerprint density at radius 1 is 0.968 bits per heavy atom. The molecule has 0 aliphatic carbocycles. The van der Waals surface area contributed by atoms with E-state index in [2.05, 4.69) is 15.8 Å². The molecule has 1 unspecified atom stereocenters. The van der Waals surface area contributed by atoms with Crippen LogP contribution in [-0.4, -0.2) is 18.0 Å². The highest BCUT2D eigenvalue weighted by atomic mass is 35.5. The van der Waals surface area contributed by atoms with Crippen LogP contribution in [0, 0.1) is 0 Å². The second-order valence-electron chi connectivity index (χ2n) is 6.76. The van der Waals surface area contributed by atoms with E-state index >= 15 is 0 Å². The van der Waals surface area contributed by atoms with Crippen molar-refractivity contribution < 1.29 is 14.3 Å². The summed E-state index contributed by atoms with van der Waals surface area (Å²) < 4.78 is 5.84. The molecule has 1 atom stereocenters. The second kappa shape index (κ2) is 10.9. The first kappa shape index (κ1) is 22.1. The highest BCUT2D eigenvalue weighted by molar-refractivity contribution is 6.35. The average molecular weight is 436 g/mol. The van der Waals surface area contributed by atoms with E-state index in [0.717, 1.165) is 11.1 Å². The molecule has 0 aliphatic rings. The molecule has 0 bridgehead atoms. The smallest absolute Gasteiger partial charge is 0.329 e. The second-order valence-corrected chi connectivity index (χ2v) is 7.19. The van der Waals surface area contributed by atoms with Gasteiger partial charge in [0.25, 0.3) is 0 Å². The Hall–Kier alpha value is -3.64. The van der Waals surface area contributed by atoms with Crippen LogP contribution in [0.3, 0.4) is 0 Å². The van der Waals surface area contributed by atoms with Crippen LogP contribution in [0.2, 0.25) is 5.02 Å². The van der Waals surface area contributed by atoms with Gasteiger partial charge in [0.1, 0.15) is 12.4 Å². The van der Waals surface area contributed by atoms with Gasteiger partial charge in [0.05, 0.1) is 12.3 Å². The minimum Gasteiger partial charge on any atom is -0.488 e. The van der Waals surface area contributed by atoms with Crippen LogP contribution < -0.4 is 15.5 Å². The molecule has 0 fully saturated rings. The van der Waals surface area contributed by atoms with Crippen molar-refractivity contribution in [2.24, 2.45) is 5.10 Å². The number of benzene rings is 3. The highest BCUT2D eigenvalue weighted by Crippen LogP contribution is 2.18. The van der Waals surface area contributed by atoms with Gasteiger partial charge in [-0.25, -0.2) is 5.43 Å². The van der Waals surface area contributed by atoms with Crippen LogP contribution >= 0.6 is 11.6 Å². The molecule has 0 heterocycles. The third kappa shape index (κ3) is 6.69. The van der Waals surface area contributed by atoms with E-state index in [1.807, 2.05) is 54.6 Å². The molecule has 2 N–H and O–H groups in total. The lowest BCUT2D eigenvalue weighted by atomic mass is 10.1. The third-order valence-corrected chi connectivity index (χ3v) is 4.70. The van der Waals surface area contributed by atoms with Gasteiger partial charge in [0.2, 0.25) is 0 Å². The highest BCUT2D eigenvalue weighted by Gasteiger charge is 2.16. The van der Waals surface area contributed by atoms with E-state index in [4.69, 9.17) is 16.3 Å². The summed E-state index contributed by atoms with van der Waals surface area (Å²) in [6, 6.07) is 23.7. The Kier molecular flexibility index (Phi) is 7.79. The van der Waals surface area contributed by atoms with Gasteiger partial charge in [-0.15, -0.1) is 0 Å². The van der Waals surface area contributed by atoms with Crippen LogP contribution in [0.4, 0.5) is 0 Å². The van der Waals surface area contributed by atoms with Crippen LogP contribution in [-0.2, 0) is 16.2 Å². The quantitative estimate of drug-likeness (QED) is 0.331. The van der Waals surface area contributed by atoms with E-state index in [-0.39, 0.29) is 6.04 Å². The number of nitrogens with one attached hydrogen (secondary N) is 2. The molecule has 31 heavy (non-hydrogen) atoms. The molecule has 0 aliphatic heterocycles. The van der Waals surface area contributed by atoms with E-state index in [1.165, 1.54) is 6.21 Å². The van der Waals surface area contributed by atoms with Crippen molar-refractivity contribution in [3.8, 4) is 5.75 Å². The molecule has 2 amide bonds. The monoisotopic (exact) mass is 435 g/mol. The molecule has 3 aromatic carbocycles. The van der Waals surface area contributed by atoms with E-state index < -0.39 is 11.8 Å². The normalized spacial score (nSPS) is 11.7. The minimum absolute atomic E-state index is 0.301. The van der Waals surface area contributed by atoms with Crippen molar-refractivity contribution in [2.75, 3.05) is 0 Å². The summed E-state index contributed by atoms with van der Waals surface area (Å²) in [7, 11) is 0. The van der Waals surface area contributed by atoms with Crippen molar-refractivity contribution >= 4 is 29.6 Å². The summed E-state index contributed by atoms with van der Waals surface area (Å²) in [5.41, 5.74) is 4.77. The molecule has 0 aromatic heterocycles. The Bertz CT molecular complexity index is 1050. The van der Waals surface area contributed by atoms with Crippen LogP contribution in [0.5, 0.6) is 5.75 Å². The lowest BCUT2D eigenvalue weighted by Gasteiger charge is -2.13. The number of hydrogen-bond acceptors (Lipinski definition) is 4. The number of rotatable bonds is 7. The first-order valence-electron chi connectivity index (χ1n) is 9.68. The fraction of sp³-hybridized carbons (Fsp3) is 0.125. The van der Waals surface area contributed by atoms with Gasteiger partial charge < -0.3 is 10.1 Å². The summed E-state index contributed by atoms with van der Waals surface area (Å²) in [6.07, 6.45) is 1.43. The summed E-state index contributed by atoms with van der Waals surface area (Å²) in [5, 5.41) is 7.19. The molecule has 0 saturated carbocycles. The van der Waals surface area contributed by atoms with Crippen LogP contribution in [0.15, 0.2) is 84.0 Å². The van der Waals surface area contributed by atoms with Crippen LogP contribution in [0.1, 0.15) is 29.7 Å². The van der Waals surface area contributed by atoms with Gasteiger partial charge in [-0.3, -0.25) is 9.59 Å². The predicted molar refractivity (Wildman–Crippen MR) is 121 cm³/mol. The standard InChI is InChI=1S/C24H22ClN3O3/c1-17(19-7-3-2-4-8-19)27-23(29)24(30)28-26-15-20-9-5-6-10-22(20)31-16-18-11-13-21(25)14-12-18/h2-15,17H,16H2,1H3,(H,27,29)(H,28,30). The first-order valence-corrected chi connectivity index (χ1v) is 10.1. The largest absolute Gasteiger partial charge is 0.488 e. The Labute approximate surface area is 185 Å². The number of amides is 2. The van der Waals surface area contributed by atoms with Gasteiger partial charge in [-0.05, 0) is 42.3 Å². The average Bonchev–Trinajstić information content (AvgIpc) is 2.80. The number of halogens is 1. The van der Waals surface area contributed by atoms with Gasteiger partial charge in [-0.1, -0.05) is 66.2 Å². The van der Waals surface area contributed by atoms with Crippen molar-refractivity contribution in [1.29, 1.82) is 0 Å². The van der Waals surface area contributed by atoms with Gasteiger partial charge in [0.15, 0.2) is 0 Å². The molecule has 0 radical (unpaired) electrons. The van der Waals surface area contributed by atoms with Gasteiger partial charge in [-0.2, -0.15) is 5.10 Å². The van der Waals surface area contributed by atoms with E-state index in [1.54, 1.807) is 31.2 Å². The first-order chi connectivity index (χ1) is 15.0. The Morgan fingerprint density at radius 2 is 1.65 bits per heavy atom. The number of hydrazone groups is 1. The Morgan fingerprint density at radius 3 is 2.39 bits per heavy atom. The molecule has 6 nitrogen and oxygen atoms in total. The number of para-hydroxylation sites is 1. The van der Waals surface area contributed by atoms with E-state index in [9.17, 15) is 9.59 Å². The molecule has 0 saturated heterocycles. The lowest BCUT2D eigenvalue weighted by Crippen LogP contribution is -2.39. The maximum absolute atomic E-state index is 12.1. The molecule has 158 valence electrons. The zero-order valence-electron chi connectivity index (χ0n) is 16.9. The number of ether oxygens (including phenoxy) is 1. The lowest BCUT2D eigenvalue weighted by molar-refractivity contribution is -0.139. The molecule has 3 aromatic rings. The summed E-state index contributed by atoms with van der Waals surface area (Å²) in [6.45, 7) is 2.16. The fourth-order valence-electron chi connectivity index (χ4n) is 2.76. The van der Waals surface area contributed by atoms with Gasteiger partial charge >= 0.3 is 11.8 Å². The topological polar surface area (TPSA) is 79.8 Å². The number of hydrogen-bond donors (Lipinski definition) is 2. The summed E-state index contributed by atoms with van der Waals surface area (Å²) >= 11 is 5.90. The fourth-order valence-corrected chi connectivity index (χ4v) is 2.88. The SMILES string of the molecule is CC(NC(=O)C(=O)NN=Cc1ccccc1OCc1ccc(Cl)cc1)c1ccccc1. The maximum atomic E-state index is 12.1. The molecular weight excluding hydrogens is 414 g/mol. The summed E-state index contributed by atoms with van der Waals surface area (Å²) in [5.74, 6) is -1.02. The predicted octanol–water partition coefficient (Wildman–Crippen LogP) is 4.25. The van der Waals surface area contributed by atoms with Crippen molar-refractivity contribution in [1.82, 2.24) is 10.7 Å². The molecular formula is C24H22ClN3O3. The molecule has 7 heteroatoms. The molecule has 0 spiro atoms. The zero-order chi connectivity index (χ0) is 22.1. The zero-order valence-corrected chi connectivity index (χ0v) is 17.7. The minimum atomic E-state index is -0.849. The molecule has 3 rings (SSSR count). The van der Waals surface area contributed by atoms with Crippen molar-refractivity contribution in [3.63, 3.8) is 0 Å². The van der Waals surface area contributed by atoms with Crippen molar-refractivity contribution in [3.05, 3.63) is 101 Å². The number of carbonyl (C=O) groups excluding carboxylic acids is 2. The summed E-state index contributed by atoms with van der Waals surface area (Å²) in [4.78, 5) is 24.1.